The Labute approximate surface area is 135 Å². The molecule has 5 aliphatic carbocycles. The molecule has 5 rings (SSSR count). The van der Waals surface area contributed by atoms with Crippen LogP contribution >= 0.6 is 0 Å². The summed E-state index contributed by atoms with van der Waals surface area (Å²) in [5, 5.41) is 0. The topological polar surface area (TPSA) is 26.3 Å². The largest absolute Gasteiger partial charge is 0.462 e. The molecule has 124 valence electrons. The molecule has 7 unspecified atom stereocenters. The maximum Gasteiger partial charge on any atom is 0.310 e. The molecule has 22 heavy (non-hydrogen) atoms. The van der Waals surface area contributed by atoms with Crippen LogP contribution in [0.1, 0.15) is 66.7 Å². The van der Waals surface area contributed by atoms with Crippen LogP contribution in [0, 0.1) is 46.3 Å². The second-order valence-electron chi connectivity index (χ2n) is 10.00. The van der Waals surface area contributed by atoms with Gasteiger partial charge in [0.05, 0.1) is 5.92 Å². The van der Waals surface area contributed by atoms with Gasteiger partial charge in [-0.05, 0) is 72.5 Å². The maximum atomic E-state index is 12.9. The third-order valence-electron chi connectivity index (χ3n) is 8.60. The van der Waals surface area contributed by atoms with Crippen molar-refractivity contribution in [2.24, 2.45) is 46.3 Å². The van der Waals surface area contributed by atoms with Crippen LogP contribution in [0.4, 0.5) is 0 Å². The van der Waals surface area contributed by atoms with Crippen molar-refractivity contribution < 1.29 is 9.53 Å². The average molecular weight is 304 g/mol. The Balaban J connectivity index is 1.45. The quantitative estimate of drug-likeness (QED) is 0.693. The zero-order chi connectivity index (χ0) is 15.9. The van der Waals surface area contributed by atoms with Crippen LogP contribution in [0.2, 0.25) is 0 Å². The van der Waals surface area contributed by atoms with Crippen molar-refractivity contribution in [1.82, 2.24) is 0 Å². The highest BCUT2D eigenvalue weighted by molar-refractivity contribution is 5.75. The van der Waals surface area contributed by atoms with E-state index in [0.717, 1.165) is 24.2 Å². The second-order valence-corrected chi connectivity index (χ2v) is 10.00. The number of rotatable bonds is 2. The highest BCUT2D eigenvalue weighted by atomic mass is 16.5. The monoisotopic (exact) mass is 304 g/mol. The van der Waals surface area contributed by atoms with Crippen molar-refractivity contribution in [1.29, 1.82) is 0 Å². The smallest absolute Gasteiger partial charge is 0.310 e. The van der Waals surface area contributed by atoms with Gasteiger partial charge in [-0.2, -0.15) is 0 Å². The van der Waals surface area contributed by atoms with Crippen LogP contribution in [0.3, 0.4) is 0 Å². The molecule has 5 fully saturated rings. The van der Waals surface area contributed by atoms with E-state index in [2.05, 4.69) is 34.6 Å². The normalized spacial score (nSPS) is 50.5. The summed E-state index contributed by atoms with van der Waals surface area (Å²) >= 11 is 0. The molecule has 0 spiro atoms. The predicted molar refractivity (Wildman–Crippen MR) is 87.1 cm³/mol. The number of hydrogen-bond acceptors (Lipinski definition) is 2. The molecule has 2 heteroatoms. The van der Waals surface area contributed by atoms with Crippen molar-refractivity contribution in [2.45, 2.75) is 72.8 Å². The Morgan fingerprint density at radius 1 is 0.955 bits per heavy atom. The second kappa shape index (κ2) is 4.51. The summed E-state index contributed by atoms with van der Waals surface area (Å²) in [6, 6.07) is 0. The third kappa shape index (κ3) is 1.82. The minimum absolute atomic E-state index is 0.133. The summed E-state index contributed by atoms with van der Waals surface area (Å²) in [7, 11) is 0. The van der Waals surface area contributed by atoms with E-state index in [9.17, 15) is 4.79 Å². The molecule has 0 aromatic rings. The Hall–Kier alpha value is -0.530. The molecule has 0 amide bonds. The minimum Gasteiger partial charge on any atom is -0.462 e. The van der Waals surface area contributed by atoms with Crippen LogP contribution in [-0.4, -0.2) is 12.1 Å². The van der Waals surface area contributed by atoms with Gasteiger partial charge in [0.1, 0.15) is 6.10 Å². The fourth-order valence-corrected chi connectivity index (χ4v) is 6.83. The molecule has 4 bridgehead atoms. The van der Waals surface area contributed by atoms with Gasteiger partial charge in [-0.3, -0.25) is 4.79 Å². The molecule has 5 saturated carbocycles. The van der Waals surface area contributed by atoms with Crippen molar-refractivity contribution in [2.75, 3.05) is 0 Å². The molecule has 5 aliphatic rings. The van der Waals surface area contributed by atoms with Gasteiger partial charge in [0, 0.05) is 0 Å². The zero-order valence-corrected chi connectivity index (χ0v) is 14.9. The van der Waals surface area contributed by atoms with E-state index >= 15 is 0 Å². The summed E-state index contributed by atoms with van der Waals surface area (Å²) in [5.41, 5.74) is 0.619. The Kier molecular flexibility index (Phi) is 3.08. The van der Waals surface area contributed by atoms with Crippen LogP contribution in [0.25, 0.3) is 0 Å². The third-order valence-corrected chi connectivity index (χ3v) is 8.60. The first-order chi connectivity index (χ1) is 10.2. The van der Waals surface area contributed by atoms with Crippen molar-refractivity contribution in [3.8, 4) is 0 Å². The molecule has 0 radical (unpaired) electrons. The van der Waals surface area contributed by atoms with Crippen molar-refractivity contribution >= 4 is 5.97 Å². The lowest BCUT2D eigenvalue weighted by Gasteiger charge is -2.61. The van der Waals surface area contributed by atoms with E-state index in [1.165, 1.54) is 25.7 Å². The highest BCUT2D eigenvalue weighted by Gasteiger charge is 2.59. The average Bonchev–Trinajstić information content (AvgIpc) is 2.98. The van der Waals surface area contributed by atoms with E-state index in [4.69, 9.17) is 4.74 Å². The van der Waals surface area contributed by atoms with Gasteiger partial charge in [0.25, 0.3) is 0 Å². The van der Waals surface area contributed by atoms with Gasteiger partial charge >= 0.3 is 5.97 Å². The van der Waals surface area contributed by atoms with Gasteiger partial charge in [-0.25, -0.2) is 0 Å². The molecule has 0 aromatic carbocycles. The molecule has 0 heterocycles. The first-order valence-corrected chi connectivity index (χ1v) is 9.43. The lowest BCUT2D eigenvalue weighted by molar-refractivity contribution is -0.193. The molecule has 0 aromatic heterocycles. The van der Waals surface area contributed by atoms with Crippen LogP contribution in [-0.2, 0) is 9.53 Å². The number of carbonyl (C=O) groups is 1. The molecule has 7 atom stereocenters. The van der Waals surface area contributed by atoms with Gasteiger partial charge in [0.15, 0.2) is 0 Å². The number of fused-ring (bicyclic) bond motifs is 4. The number of hydrogen-bond donors (Lipinski definition) is 0. The van der Waals surface area contributed by atoms with E-state index in [0.29, 0.717) is 17.3 Å². The molecule has 0 N–H and O–H groups in total. The molecule has 2 nitrogen and oxygen atoms in total. The Morgan fingerprint density at radius 2 is 1.68 bits per heavy atom. The standard InChI is InChI=1S/C20H32O2/c1-11-15-9-14(19(15,2)3)10-16(11)22-18(21)17-12-6-7-13(8-12)20(17,4)5/h11-17H,6-10H2,1-5H3. The Bertz CT molecular complexity index is 492. The first-order valence-electron chi connectivity index (χ1n) is 9.43. The van der Waals surface area contributed by atoms with Gasteiger partial charge in [-0.1, -0.05) is 34.6 Å². The SMILES string of the molecule is CC1C(OC(=O)C2C3CCC(C3)C2(C)C)CC2CC1C2(C)C. The van der Waals surface area contributed by atoms with E-state index in [-0.39, 0.29) is 23.4 Å². The van der Waals surface area contributed by atoms with E-state index < -0.39 is 0 Å². The summed E-state index contributed by atoms with van der Waals surface area (Å²) in [4.78, 5) is 12.9. The molecule has 0 aliphatic heterocycles. The summed E-state index contributed by atoms with van der Waals surface area (Å²) in [6.45, 7) is 11.7. The van der Waals surface area contributed by atoms with Gasteiger partial charge < -0.3 is 4.74 Å². The van der Waals surface area contributed by atoms with Crippen LogP contribution in [0.5, 0.6) is 0 Å². The number of carbonyl (C=O) groups excluding carboxylic acids is 1. The van der Waals surface area contributed by atoms with E-state index in [1.54, 1.807) is 0 Å². The Morgan fingerprint density at radius 3 is 2.23 bits per heavy atom. The van der Waals surface area contributed by atoms with E-state index in [1.807, 2.05) is 0 Å². The predicted octanol–water partition coefficient (Wildman–Crippen LogP) is 4.67. The highest BCUT2D eigenvalue weighted by Crippen LogP contribution is 2.63. The number of ether oxygens (including phenoxy) is 1. The molecular formula is C20H32O2. The first kappa shape index (κ1) is 15.0. The lowest BCUT2D eigenvalue weighted by atomic mass is 9.45. The van der Waals surface area contributed by atoms with Crippen molar-refractivity contribution in [3.05, 3.63) is 0 Å². The van der Waals surface area contributed by atoms with Gasteiger partial charge in [-0.15, -0.1) is 0 Å². The summed E-state index contributed by atoms with van der Waals surface area (Å²) in [6.07, 6.45) is 6.44. The number of esters is 1. The van der Waals surface area contributed by atoms with Crippen LogP contribution < -0.4 is 0 Å². The minimum atomic E-state index is 0.133. The zero-order valence-electron chi connectivity index (χ0n) is 14.9. The fraction of sp³-hybridized carbons (Fsp3) is 0.950. The maximum absolute atomic E-state index is 12.9. The fourth-order valence-electron chi connectivity index (χ4n) is 6.83. The lowest BCUT2D eigenvalue weighted by Crippen LogP contribution is -2.57. The summed E-state index contributed by atoms with van der Waals surface area (Å²) < 4.78 is 6.13. The van der Waals surface area contributed by atoms with Gasteiger partial charge in [0.2, 0.25) is 0 Å². The molecular weight excluding hydrogens is 272 g/mol. The van der Waals surface area contributed by atoms with Crippen LogP contribution in [0.15, 0.2) is 0 Å². The molecule has 0 saturated heterocycles. The van der Waals surface area contributed by atoms with Crippen molar-refractivity contribution in [3.63, 3.8) is 0 Å². The summed E-state index contributed by atoms with van der Waals surface area (Å²) in [5.74, 6) is 3.67.